The molecule has 1 atom stereocenters. The fourth-order valence-corrected chi connectivity index (χ4v) is 3.89. The molecule has 32 heavy (non-hydrogen) atoms. The molecule has 8 nitrogen and oxygen atoms in total. The van der Waals surface area contributed by atoms with Gasteiger partial charge in [0.25, 0.3) is 0 Å². The second-order valence-corrected chi connectivity index (χ2v) is 9.82. The van der Waals surface area contributed by atoms with E-state index in [4.69, 9.17) is 27.9 Å². The number of piperazine rings is 1. The van der Waals surface area contributed by atoms with E-state index < -0.39 is 5.60 Å². The number of nitrogens with one attached hydrogen (secondary N) is 1. The van der Waals surface area contributed by atoms with Gasteiger partial charge in [0, 0.05) is 36.2 Å². The first kappa shape index (κ1) is 26.2. The van der Waals surface area contributed by atoms with Crippen LogP contribution >= 0.6 is 23.2 Å². The smallest absolute Gasteiger partial charge is 0.410 e. The maximum atomic E-state index is 12.6. The van der Waals surface area contributed by atoms with Crippen LogP contribution in [-0.2, 0) is 14.3 Å². The average Bonchev–Trinajstić information content (AvgIpc) is 2.66. The number of likely N-dealkylation sites (N-methyl/N-ethyl adjacent to an activating group) is 1. The first-order chi connectivity index (χ1) is 14.9. The molecular formula is C22H32Cl2N4O4. The highest BCUT2D eigenvalue weighted by molar-refractivity contribution is 6.35. The van der Waals surface area contributed by atoms with Crippen molar-refractivity contribution in [2.75, 3.05) is 46.3 Å². The van der Waals surface area contributed by atoms with Gasteiger partial charge in [0.1, 0.15) is 5.60 Å². The highest BCUT2D eigenvalue weighted by Gasteiger charge is 2.28. The number of nitrogens with zero attached hydrogens (tertiary/aromatic N) is 3. The molecule has 1 N–H and O–H groups in total. The van der Waals surface area contributed by atoms with Crippen LogP contribution < -0.4 is 5.32 Å². The Morgan fingerprint density at radius 1 is 1.09 bits per heavy atom. The van der Waals surface area contributed by atoms with Crippen molar-refractivity contribution >= 4 is 41.1 Å². The number of ether oxygens (including phenoxy) is 1. The molecule has 1 saturated heterocycles. The molecule has 1 unspecified atom stereocenters. The van der Waals surface area contributed by atoms with Crippen LogP contribution in [0.15, 0.2) is 18.2 Å². The maximum absolute atomic E-state index is 12.6. The lowest BCUT2D eigenvalue weighted by Crippen LogP contribution is -2.53. The van der Waals surface area contributed by atoms with Crippen LogP contribution in [0.4, 0.5) is 4.79 Å². The van der Waals surface area contributed by atoms with Gasteiger partial charge >= 0.3 is 6.09 Å². The number of carbonyl (C=O) groups excluding carboxylic acids is 3. The molecule has 3 amide bonds. The van der Waals surface area contributed by atoms with Gasteiger partial charge in [0.05, 0.1) is 19.1 Å². The number of amides is 3. The molecule has 1 aliphatic rings. The van der Waals surface area contributed by atoms with Gasteiger partial charge < -0.3 is 19.9 Å². The Morgan fingerprint density at radius 2 is 1.69 bits per heavy atom. The predicted octanol–water partition coefficient (Wildman–Crippen LogP) is 3.18. The monoisotopic (exact) mass is 486 g/mol. The Labute approximate surface area is 199 Å². The van der Waals surface area contributed by atoms with Crippen molar-refractivity contribution in [3.8, 4) is 0 Å². The van der Waals surface area contributed by atoms with E-state index in [-0.39, 0.29) is 37.0 Å². The highest BCUT2D eigenvalue weighted by Crippen LogP contribution is 2.26. The molecule has 0 saturated carbocycles. The Hall–Kier alpha value is -2.03. The highest BCUT2D eigenvalue weighted by atomic mass is 35.5. The molecule has 0 aliphatic carbocycles. The molecular weight excluding hydrogens is 455 g/mol. The zero-order chi connectivity index (χ0) is 24.1. The predicted molar refractivity (Wildman–Crippen MR) is 125 cm³/mol. The second kappa shape index (κ2) is 11.2. The van der Waals surface area contributed by atoms with Crippen LogP contribution in [0.25, 0.3) is 0 Å². The summed E-state index contributed by atoms with van der Waals surface area (Å²) < 4.78 is 5.37. The Morgan fingerprint density at radius 3 is 2.25 bits per heavy atom. The molecule has 0 radical (unpaired) electrons. The molecule has 2 rings (SSSR count). The third-order valence-electron chi connectivity index (χ3n) is 4.91. The number of carbonyl (C=O) groups is 3. The minimum absolute atomic E-state index is 0.0686. The Balaban J connectivity index is 1.77. The number of rotatable bonds is 6. The summed E-state index contributed by atoms with van der Waals surface area (Å²) in [5.74, 6) is -0.300. The van der Waals surface area contributed by atoms with Crippen LogP contribution in [0.1, 0.15) is 39.3 Å². The molecule has 1 aromatic carbocycles. The van der Waals surface area contributed by atoms with Gasteiger partial charge in [0.15, 0.2) is 0 Å². The van der Waals surface area contributed by atoms with Crippen molar-refractivity contribution in [3.05, 3.63) is 33.8 Å². The van der Waals surface area contributed by atoms with E-state index in [1.54, 1.807) is 39.9 Å². The minimum Gasteiger partial charge on any atom is -0.444 e. The van der Waals surface area contributed by atoms with Crippen molar-refractivity contribution in [1.29, 1.82) is 0 Å². The molecule has 0 aromatic heterocycles. The zero-order valence-corrected chi connectivity index (χ0v) is 20.8. The third-order valence-corrected chi connectivity index (χ3v) is 5.47. The topological polar surface area (TPSA) is 82.2 Å². The molecule has 10 heteroatoms. The summed E-state index contributed by atoms with van der Waals surface area (Å²) in [6.07, 6.45) is -0.367. The number of benzene rings is 1. The average molecular weight is 487 g/mol. The van der Waals surface area contributed by atoms with E-state index in [0.717, 1.165) is 5.56 Å². The molecule has 0 spiro atoms. The zero-order valence-electron chi connectivity index (χ0n) is 19.3. The first-order valence-corrected chi connectivity index (χ1v) is 11.3. The molecule has 1 aromatic rings. The molecule has 1 fully saturated rings. The van der Waals surface area contributed by atoms with Crippen LogP contribution in [0.2, 0.25) is 10.0 Å². The van der Waals surface area contributed by atoms with E-state index in [0.29, 0.717) is 36.2 Å². The van der Waals surface area contributed by atoms with Crippen molar-refractivity contribution in [1.82, 2.24) is 20.0 Å². The van der Waals surface area contributed by atoms with Gasteiger partial charge in [0.2, 0.25) is 11.8 Å². The summed E-state index contributed by atoms with van der Waals surface area (Å²) in [5.41, 5.74) is 0.218. The van der Waals surface area contributed by atoms with Crippen LogP contribution in [0.3, 0.4) is 0 Å². The molecule has 178 valence electrons. The van der Waals surface area contributed by atoms with Gasteiger partial charge in [-0.05, 0) is 52.4 Å². The standard InChI is InChI=1S/C22H32Cl2N4O4/c1-15(17-7-6-16(23)12-18(17)24)25-19(29)13-26(5)14-20(30)27-8-10-28(11-9-27)21(31)32-22(2,3)4/h6-7,12,15H,8-11,13-14H2,1-5H3,(H,25,29). The van der Waals surface area contributed by atoms with E-state index in [9.17, 15) is 14.4 Å². The van der Waals surface area contributed by atoms with E-state index in [2.05, 4.69) is 5.32 Å². The van der Waals surface area contributed by atoms with E-state index >= 15 is 0 Å². The molecule has 0 bridgehead atoms. The van der Waals surface area contributed by atoms with Gasteiger partial charge in [-0.1, -0.05) is 29.3 Å². The lowest BCUT2D eigenvalue weighted by molar-refractivity contribution is -0.134. The summed E-state index contributed by atoms with van der Waals surface area (Å²) in [7, 11) is 1.72. The van der Waals surface area contributed by atoms with Crippen LogP contribution in [0.5, 0.6) is 0 Å². The quantitative estimate of drug-likeness (QED) is 0.667. The Kier molecular flexibility index (Phi) is 9.18. The van der Waals surface area contributed by atoms with E-state index in [1.165, 1.54) is 0 Å². The second-order valence-electron chi connectivity index (χ2n) is 8.98. The lowest BCUT2D eigenvalue weighted by atomic mass is 10.1. The normalized spacial score (nSPS) is 15.5. The minimum atomic E-state index is -0.552. The summed E-state index contributed by atoms with van der Waals surface area (Å²) in [4.78, 5) is 42.1. The van der Waals surface area contributed by atoms with Crippen LogP contribution in [0, 0.1) is 0 Å². The van der Waals surface area contributed by atoms with Crippen molar-refractivity contribution in [2.45, 2.75) is 39.3 Å². The van der Waals surface area contributed by atoms with Gasteiger partial charge in [-0.25, -0.2) is 4.79 Å². The first-order valence-electron chi connectivity index (χ1n) is 10.5. The van der Waals surface area contributed by atoms with Crippen molar-refractivity contribution in [3.63, 3.8) is 0 Å². The largest absolute Gasteiger partial charge is 0.444 e. The fourth-order valence-electron chi connectivity index (χ4n) is 3.31. The van der Waals surface area contributed by atoms with Gasteiger partial charge in [-0.15, -0.1) is 0 Å². The fraction of sp³-hybridized carbons (Fsp3) is 0.591. The van der Waals surface area contributed by atoms with Crippen LogP contribution in [-0.4, -0.2) is 84.5 Å². The Bertz CT molecular complexity index is 836. The summed E-state index contributed by atoms with van der Waals surface area (Å²) in [6, 6.07) is 4.84. The van der Waals surface area contributed by atoms with Crippen molar-refractivity contribution in [2.24, 2.45) is 0 Å². The summed E-state index contributed by atoms with van der Waals surface area (Å²) in [6.45, 7) is 9.19. The number of hydrogen-bond donors (Lipinski definition) is 1. The van der Waals surface area contributed by atoms with Crippen molar-refractivity contribution < 1.29 is 19.1 Å². The maximum Gasteiger partial charge on any atom is 0.410 e. The summed E-state index contributed by atoms with van der Waals surface area (Å²) >= 11 is 12.1. The number of halogens is 2. The molecule has 1 aliphatic heterocycles. The number of hydrogen-bond acceptors (Lipinski definition) is 5. The van der Waals surface area contributed by atoms with E-state index in [1.807, 2.05) is 27.7 Å². The summed E-state index contributed by atoms with van der Waals surface area (Å²) in [5, 5.41) is 3.90. The molecule has 1 heterocycles. The van der Waals surface area contributed by atoms with Gasteiger partial charge in [-0.3, -0.25) is 14.5 Å². The third kappa shape index (κ3) is 8.15. The van der Waals surface area contributed by atoms with Gasteiger partial charge in [-0.2, -0.15) is 0 Å². The lowest BCUT2D eigenvalue weighted by Gasteiger charge is -2.36. The SMILES string of the molecule is CC(NC(=O)CN(C)CC(=O)N1CCN(C(=O)OC(C)(C)C)CC1)c1ccc(Cl)cc1Cl.